The highest BCUT2D eigenvalue weighted by molar-refractivity contribution is 5.69. The zero-order chi connectivity index (χ0) is 35.9. The molecule has 0 aromatic heterocycles. The van der Waals surface area contributed by atoms with Crippen LogP contribution >= 0.6 is 0 Å². The Hall–Kier alpha value is -3.44. The SMILES string of the molecule is O=C(CCCCCCNC(=O)OCC1[C@H]2CCC#CCC[C@@H]12)OCCOCCOC(=O)CCCCCCNC(=O)OCC1[C@H]2CCC#CCC[C@@H]12. The topological polar surface area (TPSA) is 138 Å². The number of carbonyl (C=O) groups excluding carboxylic acids is 4. The average Bonchev–Trinajstić information content (AvgIpc) is 3.96. The van der Waals surface area contributed by atoms with Crippen LogP contribution in [0.2, 0.25) is 0 Å². The van der Waals surface area contributed by atoms with Crippen LogP contribution in [0.5, 0.6) is 0 Å². The molecule has 0 saturated heterocycles. The summed E-state index contributed by atoms with van der Waals surface area (Å²) < 4.78 is 26.7. The van der Waals surface area contributed by atoms with Crippen molar-refractivity contribution in [1.82, 2.24) is 10.6 Å². The first-order valence-electron chi connectivity index (χ1n) is 19.6. The molecule has 2 saturated carbocycles. The van der Waals surface area contributed by atoms with Gasteiger partial charge in [-0.1, -0.05) is 25.7 Å². The standard InChI is InChI=1S/C40H60N2O9/c43-37(21-13-5-7-15-23-41-39(45)50-29-35-31-17-9-1-2-10-18-32(31)35)48-27-25-47-26-28-49-38(44)22-14-6-8-16-24-42-40(46)51-30-36-33-19-11-3-4-12-20-34(33)36/h31-36H,5-30H2,(H,41,45)(H,42,46)/t31-,32+,33-,34+,35?,36?. The van der Waals surface area contributed by atoms with Gasteiger partial charge in [-0.3, -0.25) is 9.59 Å². The molecular formula is C40H60N2O9. The summed E-state index contributed by atoms with van der Waals surface area (Å²) in [6.45, 7) is 2.97. The van der Waals surface area contributed by atoms with Gasteiger partial charge in [0.05, 0.1) is 26.4 Å². The van der Waals surface area contributed by atoms with E-state index in [1.807, 2.05) is 0 Å². The van der Waals surface area contributed by atoms with E-state index in [4.69, 9.17) is 23.7 Å². The van der Waals surface area contributed by atoms with Gasteiger partial charge in [0.15, 0.2) is 0 Å². The highest BCUT2D eigenvalue weighted by Gasteiger charge is 2.50. The maximum Gasteiger partial charge on any atom is 0.407 e. The minimum absolute atomic E-state index is 0.165. The van der Waals surface area contributed by atoms with E-state index >= 15 is 0 Å². The summed E-state index contributed by atoms with van der Waals surface area (Å²) in [5.41, 5.74) is 0. The van der Waals surface area contributed by atoms with E-state index in [0.717, 1.165) is 103 Å². The third kappa shape index (κ3) is 16.6. The molecule has 2 unspecified atom stereocenters. The summed E-state index contributed by atoms with van der Waals surface area (Å²) in [5, 5.41) is 5.65. The summed E-state index contributed by atoms with van der Waals surface area (Å²) in [5.74, 6) is 16.0. The van der Waals surface area contributed by atoms with E-state index in [1.54, 1.807) is 0 Å². The van der Waals surface area contributed by atoms with Crippen molar-refractivity contribution in [2.24, 2.45) is 35.5 Å². The minimum atomic E-state index is -0.342. The molecule has 0 heterocycles. The molecule has 4 aliphatic rings. The van der Waals surface area contributed by atoms with Gasteiger partial charge in [-0.05, 0) is 86.9 Å². The van der Waals surface area contributed by atoms with Gasteiger partial charge in [0.1, 0.15) is 13.2 Å². The molecule has 284 valence electrons. The van der Waals surface area contributed by atoms with Crippen LogP contribution in [0.15, 0.2) is 0 Å². The lowest BCUT2D eigenvalue weighted by Gasteiger charge is -2.08. The number of rotatable bonds is 24. The monoisotopic (exact) mass is 712 g/mol. The number of hydrogen-bond donors (Lipinski definition) is 2. The molecule has 0 radical (unpaired) electrons. The Morgan fingerprint density at radius 2 is 0.843 bits per heavy atom. The molecule has 6 atom stereocenters. The van der Waals surface area contributed by atoms with E-state index < -0.39 is 0 Å². The fourth-order valence-corrected chi connectivity index (χ4v) is 7.56. The summed E-state index contributed by atoms with van der Waals surface area (Å²) in [7, 11) is 0. The van der Waals surface area contributed by atoms with Crippen LogP contribution in [0.1, 0.15) is 116 Å². The third-order valence-electron chi connectivity index (χ3n) is 10.6. The van der Waals surface area contributed by atoms with Gasteiger partial charge in [-0.15, -0.1) is 23.7 Å². The van der Waals surface area contributed by atoms with Crippen LogP contribution in [0, 0.1) is 59.2 Å². The van der Waals surface area contributed by atoms with E-state index in [9.17, 15) is 19.2 Å². The molecule has 2 amide bonds. The normalized spacial score (nSPS) is 24.1. The lowest BCUT2D eigenvalue weighted by atomic mass is 10.1. The molecule has 2 fully saturated rings. The van der Waals surface area contributed by atoms with E-state index in [0.29, 0.717) is 74.7 Å². The van der Waals surface area contributed by atoms with Gasteiger partial charge in [0, 0.05) is 51.6 Å². The van der Waals surface area contributed by atoms with Crippen molar-refractivity contribution in [3.63, 3.8) is 0 Å². The van der Waals surface area contributed by atoms with Crippen LogP contribution in [0.4, 0.5) is 9.59 Å². The van der Waals surface area contributed by atoms with Crippen LogP contribution < -0.4 is 10.6 Å². The van der Waals surface area contributed by atoms with Crippen LogP contribution in [0.25, 0.3) is 0 Å². The Kier molecular flexibility index (Phi) is 18.9. The van der Waals surface area contributed by atoms with Crippen LogP contribution in [0.3, 0.4) is 0 Å². The van der Waals surface area contributed by atoms with Gasteiger partial charge in [0.2, 0.25) is 0 Å². The summed E-state index contributed by atoms with van der Waals surface area (Å²) in [6, 6.07) is 0. The maximum absolute atomic E-state index is 12.0. The number of hydrogen-bond acceptors (Lipinski definition) is 9. The van der Waals surface area contributed by atoms with E-state index in [2.05, 4.69) is 34.3 Å². The van der Waals surface area contributed by atoms with Crippen molar-refractivity contribution in [3.8, 4) is 23.7 Å². The van der Waals surface area contributed by atoms with Crippen molar-refractivity contribution < 1.29 is 42.9 Å². The predicted molar refractivity (Wildman–Crippen MR) is 191 cm³/mol. The van der Waals surface area contributed by atoms with E-state index in [-0.39, 0.29) is 50.6 Å². The number of alkyl carbamates (subject to hydrolysis) is 2. The predicted octanol–water partition coefficient (Wildman–Crippen LogP) is 6.32. The fourth-order valence-electron chi connectivity index (χ4n) is 7.56. The molecular weight excluding hydrogens is 652 g/mol. The number of unbranched alkanes of at least 4 members (excludes halogenated alkanes) is 6. The molecule has 11 nitrogen and oxygen atoms in total. The number of fused-ring (bicyclic) bond motifs is 2. The average molecular weight is 713 g/mol. The molecule has 0 aromatic rings. The molecule has 4 rings (SSSR count). The van der Waals surface area contributed by atoms with Gasteiger partial charge < -0.3 is 34.3 Å². The molecule has 0 aromatic carbocycles. The molecule has 51 heavy (non-hydrogen) atoms. The Morgan fingerprint density at radius 1 is 0.471 bits per heavy atom. The lowest BCUT2D eigenvalue weighted by Crippen LogP contribution is -2.26. The first-order valence-corrected chi connectivity index (χ1v) is 19.6. The summed E-state index contributed by atoms with van der Waals surface area (Å²) in [6.07, 6.45) is 15.1. The number of carbonyl (C=O) groups is 4. The Morgan fingerprint density at radius 3 is 1.24 bits per heavy atom. The van der Waals surface area contributed by atoms with Crippen molar-refractivity contribution in [2.45, 2.75) is 116 Å². The smallest absolute Gasteiger partial charge is 0.407 e. The van der Waals surface area contributed by atoms with Gasteiger partial charge in [-0.25, -0.2) is 9.59 Å². The second-order valence-corrected chi connectivity index (χ2v) is 14.3. The fraction of sp³-hybridized carbons (Fsp3) is 0.800. The highest BCUT2D eigenvalue weighted by Crippen LogP contribution is 2.53. The number of amides is 2. The van der Waals surface area contributed by atoms with Crippen molar-refractivity contribution in [2.75, 3.05) is 52.7 Å². The zero-order valence-electron chi connectivity index (χ0n) is 30.5. The Bertz CT molecular complexity index is 1090. The second-order valence-electron chi connectivity index (χ2n) is 14.3. The molecule has 11 heteroatoms. The molecule has 2 N–H and O–H groups in total. The van der Waals surface area contributed by atoms with Crippen LogP contribution in [-0.4, -0.2) is 76.9 Å². The number of ether oxygens (including phenoxy) is 5. The number of nitrogens with one attached hydrogen (secondary N) is 2. The van der Waals surface area contributed by atoms with Crippen LogP contribution in [-0.2, 0) is 33.3 Å². The number of esters is 2. The van der Waals surface area contributed by atoms with E-state index in [1.165, 1.54) is 0 Å². The summed E-state index contributed by atoms with van der Waals surface area (Å²) in [4.78, 5) is 47.8. The minimum Gasteiger partial charge on any atom is -0.463 e. The second kappa shape index (κ2) is 23.9. The Balaban J connectivity index is 0.825. The molecule has 0 bridgehead atoms. The summed E-state index contributed by atoms with van der Waals surface area (Å²) >= 11 is 0. The van der Waals surface area contributed by atoms with Gasteiger partial charge >= 0.3 is 24.1 Å². The van der Waals surface area contributed by atoms with Crippen molar-refractivity contribution in [1.29, 1.82) is 0 Å². The zero-order valence-corrected chi connectivity index (χ0v) is 30.5. The highest BCUT2D eigenvalue weighted by atomic mass is 16.6. The van der Waals surface area contributed by atoms with Crippen molar-refractivity contribution >= 4 is 24.1 Å². The molecule has 0 aliphatic heterocycles. The first kappa shape index (κ1) is 40.3. The van der Waals surface area contributed by atoms with Gasteiger partial charge in [-0.2, -0.15) is 0 Å². The largest absolute Gasteiger partial charge is 0.463 e. The molecule has 4 aliphatic carbocycles. The van der Waals surface area contributed by atoms with Crippen molar-refractivity contribution in [3.05, 3.63) is 0 Å². The Labute approximate surface area is 304 Å². The quantitative estimate of drug-likeness (QED) is 0.0510. The third-order valence-corrected chi connectivity index (χ3v) is 10.6. The first-order chi connectivity index (χ1) is 25.0. The molecule has 0 spiro atoms. The lowest BCUT2D eigenvalue weighted by molar-refractivity contribution is -0.146. The van der Waals surface area contributed by atoms with Gasteiger partial charge in [0.25, 0.3) is 0 Å². The maximum atomic E-state index is 12.0.